The summed E-state index contributed by atoms with van der Waals surface area (Å²) in [6, 6.07) is 5.31. The van der Waals surface area contributed by atoms with Gasteiger partial charge in [0, 0.05) is 12.6 Å². The summed E-state index contributed by atoms with van der Waals surface area (Å²) in [4.78, 5) is 28.7. The number of nitrogens with zero attached hydrogens (tertiary/aromatic N) is 2. The lowest BCUT2D eigenvalue weighted by atomic mass is 9.98. The number of nitrogens with one attached hydrogen (secondary N) is 1. The number of carbonyl (C=O) groups excluding carboxylic acids is 2. The first-order chi connectivity index (χ1) is 10.3. The molecule has 0 fully saturated rings. The molecular formula is C16H21N3O3. The standard InChI is InChI=1S/C16H21N3O3/c1-6-16(3,15(21)22-5)18-14(20)11-7-8-13-12(9-11)17-10(2)19(13)4/h7-9H,6H2,1-5H3,(H,18,20)/t16-/m1/s1. The first-order valence-electron chi connectivity index (χ1n) is 7.16. The van der Waals surface area contributed by atoms with Crippen LogP contribution in [0.4, 0.5) is 0 Å². The number of fused-ring (bicyclic) bond motifs is 1. The molecule has 0 spiro atoms. The van der Waals surface area contributed by atoms with Crippen LogP contribution < -0.4 is 5.32 Å². The highest BCUT2D eigenvalue weighted by molar-refractivity contribution is 6.00. The number of rotatable bonds is 4. The lowest BCUT2D eigenvalue weighted by Crippen LogP contribution is -2.52. The second kappa shape index (κ2) is 5.79. The fraction of sp³-hybridized carbons (Fsp3) is 0.438. The number of benzene rings is 1. The smallest absolute Gasteiger partial charge is 0.331 e. The predicted octanol–water partition coefficient (Wildman–Crippen LogP) is 1.95. The van der Waals surface area contributed by atoms with Gasteiger partial charge < -0.3 is 14.6 Å². The van der Waals surface area contributed by atoms with E-state index in [1.54, 1.807) is 19.1 Å². The number of methoxy groups -OCH3 is 1. The maximum Gasteiger partial charge on any atom is 0.331 e. The van der Waals surface area contributed by atoms with Crippen LogP contribution in [0.3, 0.4) is 0 Å². The molecule has 6 heteroatoms. The molecule has 2 rings (SSSR count). The quantitative estimate of drug-likeness (QED) is 0.876. The highest BCUT2D eigenvalue weighted by Crippen LogP contribution is 2.18. The minimum Gasteiger partial charge on any atom is -0.467 e. The topological polar surface area (TPSA) is 73.2 Å². The summed E-state index contributed by atoms with van der Waals surface area (Å²) in [7, 11) is 3.24. The molecule has 1 heterocycles. The largest absolute Gasteiger partial charge is 0.467 e. The lowest BCUT2D eigenvalue weighted by molar-refractivity contribution is -0.147. The molecular weight excluding hydrogens is 282 g/mol. The molecule has 22 heavy (non-hydrogen) atoms. The minimum atomic E-state index is -1.04. The van der Waals surface area contributed by atoms with Crippen molar-refractivity contribution in [2.75, 3.05) is 7.11 Å². The van der Waals surface area contributed by atoms with Gasteiger partial charge in [-0.3, -0.25) is 4.79 Å². The van der Waals surface area contributed by atoms with E-state index in [2.05, 4.69) is 10.3 Å². The zero-order chi connectivity index (χ0) is 16.5. The van der Waals surface area contributed by atoms with Gasteiger partial charge in [-0.15, -0.1) is 0 Å². The molecule has 0 radical (unpaired) electrons. The van der Waals surface area contributed by atoms with Gasteiger partial charge in [-0.05, 0) is 38.5 Å². The number of carbonyl (C=O) groups is 2. The number of aryl methyl sites for hydroxylation is 2. The molecule has 1 aromatic carbocycles. The van der Waals surface area contributed by atoms with Crippen molar-refractivity contribution in [3.05, 3.63) is 29.6 Å². The van der Waals surface area contributed by atoms with Gasteiger partial charge in [-0.1, -0.05) is 6.92 Å². The summed E-state index contributed by atoms with van der Waals surface area (Å²) < 4.78 is 6.72. The summed E-state index contributed by atoms with van der Waals surface area (Å²) in [5.41, 5.74) is 1.14. The van der Waals surface area contributed by atoms with E-state index in [1.165, 1.54) is 7.11 Å². The van der Waals surface area contributed by atoms with Crippen LogP contribution in [-0.2, 0) is 16.6 Å². The van der Waals surface area contributed by atoms with Crippen LogP contribution in [0, 0.1) is 6.92 Å². The number of hydrogen-bond donors (Lipinski definition) is 1. The van der Waals surface area contributed by atoms with Crippen molar-refractivity contribution in [2.45, 2.75) is 32.7 Å². The van der Waals surface area contributed by atoms with Gasteiger partial charge in [0.25, 0.3) is 5.91 Å². The average Bonchev–Trinajstić information content (AvgIpc) is 2.80. The van der Waals surface area contributed by atoms with Crippen molar-refractivity contribution in [3.63, 3.8) is 0 Å². The first kappa shape index (κ1) is 16.0. The third-order valence-electron chi connectivity index (χ3n) is 4.10. The third-order valence-corrected chi connectivity index (χ3v) is 4.10. The van der Waals surface area contributed by atoms with Crippen LogP contribution in [0.5, 0.6) is 0 Å². The van der Waals surface area contributed by atoms with Crippen molar-refractivity contribution in [2.24, 2.45) is 7.05 Å². The molecule has 0 aliphatic rings. The van der Waals surface area contributed by atoms with Crippen molar-refractivity contribution in [1.82, 2.24) is 14.9 Å². The number of aromatic nitrogens is 2. The maximum atomic E-state index is 12.4. The summed E-state index contributed by atoms with van der Waals surface area (Å²) in [5, 5.41) is 2.75. The summed E-state index contributed by atoms with van der Waals surface area (Å²) in [5.74, 6) is 0.0959. The van der Waals surface area contributed by atoms with Crippen molar-refractivity contribution in [3.8, 4) is 0 Å². The lowest BCUT2D eigenvalue weighted by Gasteiger charge is -2.26. The second-order valence-electron chi connectivity index (χ2n) is 5.55. The highest BCUT2D eigenvalue weighted by atomic mass is 16.5. The van der Waals surface area contributed by atoms with Gasteiger partial charge in [0.1, 0.15) is 11.4 Å². The van der Waals surface area contributed by atoms with Crippen LogP contribution in [0.1, 0.15) is 36.5 Å². The minimum absolute atomic E-state index is 0.319. The van der Waals surface area contributed by atoms with E-state index in [1.807, 2.05) is 31.5 Å². The molecule has 2 aromatic rings. The molecule has 1 N–H and O–H groups in total. The maximum absolute atomic E-state index is 12.4. The highest BCUT2D eigenvalue weighted by Gasteiger charge is 2.34. The molecule has 118 valence electrons. The molecule has 0 aliphatic heterocycles. The zero-order valence-corrected chi connectivity index (χ0v) is 13.6. The fourth-order valence-corrected chi connectivity index (χ4v) is 2.29. The van der Waals surface area contributed by atoms with Crippen molar-refractivity contribution < 1.29 is 14.3 Å². The summed E-state index contributed by atoms with van der Waals surface area (Å²) in [6.45, 7) is 5.38. The molecule has 0 bridgehead atoms. The molecule has 0 unspecified atom stereocenters. The van der Waals surface area contributed by atoms with E-state index >= 15 is 0 Å². The Hall–Kier alpha value is -2.37. The molecule has 1 atom stereocenters. The van der Waals surface area contributed by atoms with Crippen molar-refractivity contribution in [1.29, 1.82) is 0 Å². The number of ether oxygens (including phenoxy) is 1. The molecule has 0 aliphatic carbocycles. The molecule has 1 aromatic heterocycles. The average molecular weight is 303 g/mol. The Morgan fingerprint density at radius 3 is 2.68 bits per heavy atom. The van der Waals surface area contributed by atoms with E-state index in [9.17, 15) is 9.59 Å². The molecule has 0 saturated carbocycles. The Labute approximate surface area is 129 Å². The van der Waals surface area contributed by atoms with E-state index in [-0.39, 0.29) is 5.91 Å². The third kappa shape index (κ3) is 2.68. The number of esters is 1. The molecule has 0 saturated heterocycles. The van der Waals surface area contributed by atoms with Crippen molar-refractivity contribution >= 4 is 22.9 Å². The Balaban J connectivity index is 2.31. The zero-order valence-electron chi connectivity index (χ0n) is 13.6. The van der Waals surface area contributed by atoms with Gasteiger partial charge in [0.15, 0.2) is 0 Å². The predicted molar refractivity (Wildman–Crippen MR) is 83.6 cm³/mol. The first-order valence-corrected chi connectivity index (χ1v) is 7.16. The monoisotopic (exact) mass is 303 g/mol. The van der Waals surface area contributed by atoms with Gasteiger partial charge in [0.2, 0.25) is 0 Å². The van der Waals surface area contributed by atoms with Crippen LogP contribution in [0.2, 0.25) is 0 Å². The van der Waals surface area contributed by atoms with E-state index in [0.717, 1.165) is 16.9 Å². The Kier molecular flexibility index (Phi) is 4.21. The van der Waals surface area contributed by atoms with Gasteiger partial charge in [0.05, 0.1) is 18.1 Å². The van der Waals surface area contributed by atoms with Crippen LogP contribution in [0.25, 0.3) is 11.0 Å². The van der Waals surface area contributed by atoms with E-state index in [4.69, 9.17) is 4.74 Å². The Morgan fingerprint density at radius 2 is 2.09 bits per heavy atom. The Morgan fingerprint density at radius 1 is 1.41 bits per heavy atom. The number of imidazole rings is 1. The fourth-order valence-electron chi connectivity index (χ4n) is 2.29. The van der Waals surface area contributed by atoms with Crippen LogP contribution in [-0.4, -0.2) is 34.1 Å². The van der Waals surface area contributed by atoms with Gasteiger partial charge in [-0.2, -0.15) is 0 Å². The molecule has 6 nitrogen and oxygen atoms in total. The van der Waals surface area contributed by atoms with Crippen LogP contribution in [0.15, 0.2) is 18.2 Å². The summed E-state index contributed by atoms with van der Waals surface area (Å²) in [6.07, 6.45) is 0.441. The van der Waals surface area contributed by atoms with Crippen LogP contribution >= 0.6 is 0 Å². The Bertz CT molecular complexity index is 736. The summed E-state index contributed by atoms with van der Waals surface area (Å²) >= 11 is 0. The second-order valence-corrected chi connectivity index (χ2v) is 5.55. The van der Waals surface area contributed by atoms with E-state index in [0.29, 0.717) is 12.0 Å². The SMILES string of the molecule is CC[C@@](C)(NC(=O)c1ccc2c(c1)nc(C)n2C)C(=O)OC. The number of amides is 1. The van der Waals surface area contributed by atoms with Gasteiger partial charge in [-0.25, -0.2) is 9.78 Å². The normalized spacial score (nSPS) is 13.7. The number of hydrogen-bond acceptors (Lipinski definition) is 4. The molecule has 1 amide bonds. The van der Waals surface area contributed by atoms with E-state index < -0.39 is 11.5 Å². The van der Waals surface area contributed by atoms with Gasteiger partial charge >= 0.3 is 5.97 Å².